The maximum absolute atomic E-state index is 14.7. The lowest BCUT2D eigenvalue weighted by Crippen LogP contribution is -2.42. The van der Waals surface area contributed by atoms with Crippen LogP contribution in [0.15, 0.2) is 42.7 Å². The molecule has 0 saturated carbocycles. The fourth-order valence-electron chi connectivity index (χ4n) is 6.27. The van der Waals surface area contributed by atoms with Crippen LogP contribution < -0.4 is 20.4 Å². The Kier molecular flexibility index (Phi) is 8.84. The summed E-state index contributed by atoms with van der Waals surface area (Å²) in [7, 11) is -0.620. The van der Waals surface area contributed by atoms with E-state index in [1.165, 1.54) is 0 Å². The predicted octanol–water partition coefficient (Wildman–Crippen LogP) is 7.31. The van der Waals surface area contributed by atoms with Gasteiger partial charge in [0.2, 0.25) is 0 Å². The topological polar surface area (TPSA) is 82.9 Å². The van der Waals surface area contributed by atoms with Gasteiger partial charge in [-0.05, 0) is 83.0 Å². The minimum absolute atomic E-state index is 0.228. The molecule has 1 atom stereocenters. The van der Waals surface area contributed by atoms with Crippen LogP contribution in [0.5, 0.6) is 0 Å². The minimum atomic E-state index is -2.48. The van der Waals surface area contributed by atoms with Crippen LogP contribution >= 0.6 is 7.14 Å². The third kappa shape index (κ3) is 6.09. The summed E-state index contributed by atoms with van der Waals surface area (Å²) in [6, 6.07) is 9.39. The molecule has 0 saturated heterocycles. The van der Waals surface area contributed by atoms with Crippen molar-refractivity contribution in [2.24, 2.45) is 0 Å². The smallest absolute Gasteiger partial charge is 0.410 e. The van der Waals surface area contributed by atoms with Gasteiger partial charge in [-0.2, -0.15) is 5.10 Å². The average molecular weight is 637 g/mol. The number of carbonyl (C=O) groups excluding carboxylic acids is 1. The Hall–Kier alpha value is -3.78. The van der Waals surface area contributed by atoms with Crippen molar-refractivity contribution in [1.82, 2.24) is 14.7 Å². The summed E-state index contributed by atoms with van der Waals surface area (Å²) in [5, 5.41) is 9.20. The lowest BCUT2D eigenvalue weighted by atomic mass is 9.99. The summed E-state index contributed by atoms with van der Waals surface area (Å²) in [6.45, 7) is 16.1. The van der Waals surface area contributed by atoms with Crippen molar-refractivity contribution >= 4 is 35.7 Å². The highest BCUT2D eigenvalue weighted by molar-refractivity contribution is 7.71. The van der Waals surface area contributed by atoms with Crippen molar-refractivity contribution in [2.45, 2.75) is 73.5 Å². The highest BCUT2D eigenvalue weighted by Gasteiger charge is 2.38. The zero-order chi connectivity index (χ0) is 32.8. The Morgan fingerprint density at radius 1 is 1.07 bits per heavy atom. The highest BCUT2D eigenvalue weighted by atomic mass is 31.2. The molecule has 11 heteroatoms. The van der Waals surface area contributed by atoms with E-state index < -0.39 is 12.7 Å². The van der Waals surface area contributed by atoms with Gasteiger partial charge in [0.05, 0.1) is 17.4 Å². The van der Waals surface area contributed by atoms with E-state index in [0.717, 1.165) is 39.4 Å². The van der Waals surface area contributed by atoms with Gasteiger partial charge in [0, 0.05) is 67.0 Å². The average Bonchev–Trinajstić information content (AvgIpc) is 3.64. The molecule has 1 amide bonds. The van der Waals surface area contributed by atoms with Gasteiger partial charge >= 0.3 is 6.09 Å². The number of nitrogens with one attached hydrogen (secondary N) is 1. The summed E-state index contributed by atoms with van der Waals surface area (Å²) in [5.41, 5.74) is 4.90. The lowest BCUT2D eigenvalue weighted by Gasteiger charge is -2.35. The van der Waals surface area contributed by atoms with E-state index in [0.29, 0.717) is 43.1 Å². The number of nitrogens with zero attached hydrogens (tertiary/aromatic N) is 5. The number of halogens is 1. The van der Waals surface area contributed by atoms with E-state index in [2.05, 4.69) is 15.1 Å². The summed E-state index contributed by atoms with van der Waals surface area (Å²) < 4.78 is 35.9. The molecule has 3 aromatic rings. The molecule has 0 aliphatic carbocycles. The lowest BCUT2D eigenvalue weighted by molar-refractivity contribution is 0.0160. The summed E-state index contributed by atoms with van der Waals surface area (Å²) in [6.07, 6.45) is 5.46. The summed E-state index contributed by atoms with van der Waals surface area (Å²) in [4.78, 5) is 19.3. The molecular formula is C34H46FN6O3P. The minimum Gasteiger partial charge on any atom is -0.444 e. The molecule has 3 heterocycles. The van der Waals surface area contributed by atoms with Crippen molar-refractivity contribution in [3.8, 4) is 5.69 Å². The summed E-state index contributed by atoms with van der Waals surface area (Å²) >= 11 is 0. The molecule has 242 valence electrons. The molecule has 1 N–H and O–H groups in total. The second-order valence-electron chi connectivity index (χ2n) is 12.9. The molecule has 0 radical (unpaired) electrons. The summed E-state index contributed by atoms with van der Waals surface area (Å²) in [5.74, 6) is 0.593. The van der Waals surface area contributed by atoms with E-state index in [1.807, 2.05) is 96.0 Å². The Labute approximate surface area is 266 Å². The highest BCUT2D eigenvalue weighted by Crippen LogP contribution is 2.46. The van der Waals surface area contributed by atoms with Gasteiger partial charge in [-0.15, -0.1) is 0 Å². The Balaban J connectivity index is 1.56. The van der Waals surface area contributed by atoms with Crippen molar-refractivity contribution in [2.75, 3.05) is 47.7 Å². The third-order valence-electron chi connectivity index (χ3n) is 8.79. The van der Waals surface area contributed by atoms with Crippen LogP contribution in [0.1, 0.15) is 70.0 Å². The number of aryl methyl sites for hydroxylation is 2. The Bertz CT molecular complexity index is 1660. The molecular weight excluding hydrogens is 590 g/mol. The van der Waals surface area contributed by atoms with Crippen molar-refractivity contribution in [3.63, 3.8) is 0 Å². The van der Waals surface area contributed by atoms with E-state index in [1.54, 1.807) is 18.7 Å². The first kappa shape index (κ1) is 32.6. The van der Waals surface area contributed by atoms with Gasteiger partial charge in [0.25, 0.3) is 0 Å². The van der Waals surface area contributed by atoms with Crippen molar-refractivity contribution in [1.29, 1.82) is 0 Å². The molecule has 2 aliphatic rings. The van der Waals surface area contributed by atoms with Crippen molar-refractivity contribution in [3.05, 3.63) is 70.9 Å². The number of carbonyl (C=O) groups is 1. The fourth-order valence-corrected chi connectivity index (χ4v) is 8.36. The monoisotopic (exact) mass is 636 g/mol. The first-order valence-electron chi connectivity index (χ1n) is 15.7. The number of ether oxygens (including phenoxy) is 1. The van der Waals surface area contributed by atoms with Crippen LogP contribution in [-0.4, -0.2) is 59.0 Å². The van der Waals surface area contributed by atoms with Gasteiger partial charge in [-0.25, -0.2) is 13.9 Å². The van der Waals surface area contributed by atoms with Gasteiger partial charge in [-0.1, -0.05) is 13.8 Å². The van der Waals surface area contributed by atoms with Crippen LogP contribution in [0.3, 0.4) is 0 Å². The Morgan fingerprint density at radius 3 is 2.31 bits per heavy atom. The largest absolute Gasteiger partial charge is 0.444 e. The number of hydrogen-bond donors (Lipinski definition) is 1. The third-order valence-corrected chi connectivity index (χ3v) is 12.1. The number of aromatic nitrogens is 2. The molecule has 2 aromatic carbocycles. The number of benzene rings is 2. The van der Waals surface area contributed by atoms with E-state index in [-0.39, 0.29) is 18.0 Å². The standard InChI is InChI=1S/C34H46FN6O3P/c1-10-45(43,11-2)29-13-12-25(20-28(29)36-9)38-16-17-39(21-38)32-30-24(5)40(33(42)44-34(6,7)8)15-14-27(30)37-41(32)26-18-22(3)31(35)23(4)19-26/h12-13,16-20,24,36H,10-11,14-15,21H2,1-9H3/t24-/m0/s1. The maximum Gasteiger partial charge on any atom is 0.410 e. The molecule has 0 fully saturated rings. The zero-order valence-corrected chi connectivity index (χ0v) is 28.8. The molecule has 2 aliphatic heterocycles. The van der Waals surface area contributed by atoms with E-state index in [9.17, 15) is 13.8 Å². The predicted molar refractivity (Wildman–Crippen MR) is 181 cm³/mol. The molecule has 5 rings (SSSR count). The van der Waals surface area contributed by atoms with Crippen LogP contribution in [0.4, 0.5) is 26.4 Å². The van der Waals surface area contributed by atoms with Crippen LogP contribution in [0.2, 0.25) is 0 Å². The van der Waals surface area contributed by atoms with Crippen LogP contribution in [0, 0.1) is 19.7 Å². The number of anilines is 3. The van der Waals surface area contributed by atoms with E-state index >= 15 is 0 Å². The molecule has 0 bridgehead atoms. The fraction of sp³-hybridized carbons (Fsp3) is 0.471. The van der Waals surface area contributed by atoms with Crippen LogP contribution in [-0.2, 0) is 15.7 Å². The van der Waals surface area contributed by atoms with Gasteiger partial charge in [0.1, 0.15) is 31.0 Å². The molecule has 9 nitrogen and oxygen atoms in total. The first-order valence-corrected chi connectivity index (χ1v) is 17.8. The molecule has 0 spiro atoms. The normalized spacial score (nSPS) is 16.8. The van der Waals surface area contributed by atoms with Gasteiger partial charge in [-0.3, -0.25) is 0 Å². The molecule has 0 unspecified atom stereocenters. The Morgan fingerprint density at radius 2 is 1.71 bits per heavy atom. The second kappa shape index (κ2) is 12.2. The molecule has 45 heavy (non-hydrogen) atoms. The first-order chi connectivity index (χ1) is 21.2. The van der Waals surface area contributed by atoms with Gasteiger partial charge < -0.3 is 29.3 Å². The van der Waals surface area contributed by atoms with Crippen molar-refractivity contribution < 1.29 is 18.5 Å². The SMILES string of the molecule is CCP(=O)(CC)c1ccc(N2C=CN(c3c4c(nn3-c3cc(C)c(F)c(C)c3)CCN(C(=O)OC(C)(C)C)[C@H]4C)C2)cc1NC. The second-order valence-corrected chi connectivity index (χ2v) is 16.5. The number of amides is 1. The van der Waals surface area contributed by atoms with Crippen LogP contribution in [0.25, 0.3) is 5.69 Å². The maximum atomic E-state index is 14.7. The number of rotatable bonds is 7. The van der Waals surface area contributed by atoms with E-state index in [4.69, 9.17) is 9.84 Å². The zero-order valence-electron chi connectivity index (χ0n) is 27.9. The van der Waals surface area contributed by atoms with Gasteiger partial charge in [0.15, 0.2) is 0 Å². The number of hydrogen-bond acceptors (Lipinski definition) is 7. The molecule has 1 aromatic heterocycles. The number of fused-ring (bicyclic) bond motifs is 1. The quantitative estimate of drug-likeness (QED) is 0.273.